The predicted molar refractivity (Wildman–Crippen MR) is 97.6 cm³/mol. The van der Waals surface area contributed by atoms with Crippen LogP contribution in [0.4, 0.5) is 0 Å². The molecule has 2 aromatic carbocycles. The number of nitrogens with one attached hydrogen (secondary N) is 1. The second-order valence-electron chi connectivity index (χ2n) is 5.33. The van der Waals surface area contributed by atoms with Crippen LogP contribution in [0.1, 0.15) is 31.0 Å². The van der Waals surface area contributed by atoms with Crippen LogP contribution in [0.25, 0.3) is 0 Å². The van der Waals surface area contributed by atoms with Gasteiger partial charge in [0.2, 0.25) is 10.0 Å². The Morgan fingerprint density at radius 3 is 2.25 bits per heavy atom. The molecule has 1 N–H and O–H groups in total. The first-order valence-corrected chi connectivity index (χ1v) is 9.67. The van der Waals surface area contributed by atoms with E-state index in [-0.39, 0.29) is 14.9 Å². The van der Waals surface area contributed by atoms with Gasteiger partial charge in [0.1, 0.15) is 15.7 Å². The molecule has 0 aliphatic carbocycles. The van der Waals surface area contributed by atoms with Crippen LogP contribution in [0.5, 0.6) is 5.75 Å². The quantitative estimate of drug-likeness (QED) is 0.787. The normalized spacial score (nSPS) is 12.9. The molecule has 0 saturated carbocycles. The molecule has 4 nitrogen and oxygen atoms in total. The van der Waals surface area contributed by atoms with Gasteiger partial charge in [-0.2, -0.15) is 0 Å². The molecule has 0 unspecified atom stereocenters. The van der Waals surface area contributed by atoms with Gasteiger partial charge in [0, 0.05) is 6.04 Å². The Morgan fingerprint density at radius 2 is 1.71 bits per heavy atom. The van der Waals surface area contributed by atoms with Crippen LogP contribution < -0.4 is 9.46 Å². The molecule has 0 fully saturated rings. The van der Waals surface area contributed by atoms with Crippen LogP contribution in [0.15, 0.2) is 41.3 Å². The molecule has 0 spiro atoms. The third-order valence-electron chi connectivity index (χ3n) is 3.74. The van der Waals surface area contributed by atoms with E-state index in [1.807, 2.05) is 24.3 Å². The number of sulfonamides is 1. The van der Waals surface area contributed by atoms with Crippen LogP contribution in [-0.4, -0.2) is 15.5 Å². The first-order chi connectivity index (χ1) is 11.3. The van der Waals surface area contributed by atoms with E-state index < -0.39 is 16.1 Å². The first-order valence-electron chi connectivity index (χ1n) is 7.43. The number of methoxy groups -OCH3 is 1. The molecule has 0 heterocycles. The number of benzene rings is 2. The highest BCUT2D eigenvalue weighted by molar-refractivity contribution is 7.89. The summed E-state index contributed by atoms with van der Waals surface area (Å²) >= 11 is 12.1. The van der Waals surface area contributed by atoms with Crippen LogP contribution in [-0.2, 0) is 16.4 Å². The van der Waals surface area contributed by atoms with Crippen molar-refractivity contribution in [3.8, 4) is 5.75 Å². The van der Waals surface area contributed by atoms with E-state index >= 15 is 0 Å². The molecule has 24 heavy (non-hydrogen) atoms. The Morgan fingerprint density at radius 1 is 1.08 bits per heavy atom. The molecular formula is C17H19Cl2NO3S. The number of halogens is 2. The van der Waals surface area contributed by atoms with Crippen LogP contribution >= 0.6 is 23.2 Å². The highest BCUT2D eigenvalue weighted by Gasteiger charge is 2.24. The van der Waals surface area contributed by atoms with E-state index in [0.29, 0.717) is 5.75 Å². The molecular weight excluding hydrogens is 369 g/mol. The van der Waals surface area contributed by atoms with Gasteiger partial charge in [0.15, 0.2) is 0 Å². The minimum atomic E-state index is -3.82. The van der Waals surface area contributed by atoms with Crippen molar-refractivity contribution >= 4 is 33.2 Å². The second-order valence-corrected chi connectivity index (χ2v) is 7.77. The minimum Gasteiger partial charge on any atom is -0.495 e. The summed E-state index contributed by atoms with van der Waals surface area (Å²) in [5.41, 5.74) is 2.06. The summed E-state index contributed by atoms with van der Waals surface area (Å²) in [5.74, 6) is 0.323. The molecule has 130 valence electrons. The fourth-order valence-corrected chi connectivity index (χ4v) is 4.36. The van der Waals surface area contributed by atoms with Crippen molar-refractivity contribution in [1.82, 2.24) is 4.72 Å². The molecule has 7 heteroatoms. The van der Waals surface area contributed by atoms with Gasteiger partial charge in [0.25, 0.3) is 0 Å². The standard InChI is InChI=1S/C17H19Cl2NO3S/c1-4-12-5-7-13(8-6-12)11(2)20-24(21,22)15-10-9-14(23-3)16(18)17(15)19/h5-11,20H,4H2,1-3H3/t11-/m0/s1. The minimum absolute atomic E-state index is 0.0583. The first kappa shape index (κ1) is 19.1. The van der Waals surface area contributed by atoms with Crippen LogP contribution in [0.2, 0.25) is 10.0 Å². The van der Waals surface area contributed by atoms with Crippen molar-refractivity contribution in [3.63, 3.8) is 0 Å². The van der Waals surface area contributed by atoms with E-state index in [1.54, 1.807) is 6.92 Å². The Bertz CT molecular complexity index is 820. The smallest absolute Gasteiger partial charge is 0.242 e. The maximum Gasteiger partial charge on any atom is 0.242 e. The van der Waals surface area contributed by atoms with Gasteiger partial charge in [0.05, 0.1) is 12.1 Å². The Labute approximate surface area is 152 Å². The molecule has 0 aliphatic heterocycles. The molecule has 0 bridgehead atoms. The summed E-state index contributed by atoms with van der Waals surface area (Å²) in [5, 5.41) is 0.0130. The monoisotopic (exact) mass is 387 g/mol. The summed E-state index contributed by atoms with van der Waals surface area (Å²) in [7, 11) is -2.39. The van der Waals surface area contributed by atoms with E-state index in [1.165, 1.54) is 24.8 Å². The van der Waals surface area contributed by atoms with Crippen molar-refractivity contribution in [2.24, 2.45) is 0 Å². The zero-order valence-electron chi connectivity index (χ0n) is 13.6. The van der Waals surface area contributed by atoms with Crippen molar-refractivity contribution in [2.45, 2.75) is 31.2 Å². The highest BCUT2D eigenvalue weighted by Crippen LogP contribution is 2.36. The van der Waals surface area contributed by atoms with Gasteiger partial charge in [-0.05, 0) is 36.6 Å². The number of rotatable bonds is 6. The van der Waals surface area contributed by atoms with E-state index in [0.717, 1.165) is 12.0 Å². The van der Waals surface area contributed by atoms with E-state index in [4.69, 9.17) is 27.9 Å². The van der Waals surface area contributed by atoms with Crippen molar-refractivity contribution < 1.29 is 13.2 Å². The molecule has 0 amide bonds. The predicted octanol–water partition coefficient (Wildman–Crippen LogP) is 4.60. The van der Waals surface area contributed by atoms with Crippen molar-refractivity contribution in [2.75, 3.05) is 7.11 Å². The summed E-state index contributed by atoms with van der Waals surface area (Å²) in [6.07, 6.45) is 0.931. The van der Waals surface area contributed by atoms with Gasteiger partial charge in [-0.25, -0.2) is 13.1 Å². The molecule has 2 rings (SSSR count). The lowest BCUT2D eigenvalue weighted by molar-refractivity contribution is 0.414. The van der Waals surface area contributed by atoms with E-state index in [9.17, 15) is 8.42 Å². The van der Waals surface area contributed by atoms with Crippen LogP contribution in [0, 0.1) is 0 Å². The van der Waals surface area contributed by atoms with Crippen molar-refractivity contribution in [3.05, 3.63) is 57.6 Å². The molecule has 0 aromatic heterocycles. The molecule has 0 saturated heterocycles. The van der Waals surface area contributed by atoms with Gasteiger partial charge >= 0.3 is 0 Å². The average Bonchev–Trinajstić information content (AvgIpc) is 2.56. The molecule has 1 atom stereocenters. The number of hydrogen-bond acceptors (Lipinski definition) is 3. The topological polar surface area (TPSA) is 55.4 Å². The number of hydrogen-bond donors (Lipinski definition) is 1. The molecule has 2 aromatic rings. The summed E-state index contributed by atoms with van der Waals surface area (Å²) in [4.78, 5) is -0.0769. The maximum atomic E-state index is 12.6. The third-order valence-corrected chi connectivity index (χ3v) is 6.30. The Hall–Kier alpha value is -1.27. The Kier molecular flexibility index (Phi) is 6.15. The molecule has 0 aliphatic rings. The Balaban J connectivity index is 2.29. The van der Waals surface area contributed by atoms with Crippen LogP contribution in [0.3, 0.4) is 0 Å². The van der Waals surface area contributed by atoms with Gasteiger partial charge in [-0.15, -0.1) is 0 Å². The second kappa shape index (κ2) is 7.74. The fraction of sp³-hybridized carbons (Fsp3) is 0.294. The summed E-state index contributed by atoms with van der Waals surface area (Å²) < 4.78 is 32.9. The van der Waals surface area contributed by atoms with Crippen molar-refractivity contribution in [1.29, 1.82) is 0 Å². The van der Waals surface area contributed by atoms with Gasteiger partial charge in [-0.3, -0.25) is 0 Å². The maximum absolute atomic E-state index is 12.6. The lowest BCUT2D eigenvalue weighted by Crippen LogP contribution is -2.27. The largest absolute Gasteiger partial charge is 0.495 e. The average molecular weight is 388 g/mol. The lowest BCUT2D eigenvalue weighted by Gasteiger charge is -2.16. The zero-order valence-corrected chi connectivity index (χ0v) is 16.0. The summed E-state index contributed by atoms with van der Waals surface area (Å²) in [6.45, 7) is 3.84. The van der Waals surface area contributed by atoms with E-state index in [2.05, 4.69) is 11.6 Å². The molecule has 0 radical (unpaired) electrons. The lowest BCUT2D eigenvalue weighted by atomic mass is 10.1. The third kappa shape index (κ3) is 4.03. The fourth-order valence-electron chi connectivity index (χ4n) is 2.29. The number of ether oxygens (including phenoxy) is 1. The van der Waals surface area contributed by atoms with Gasteiger partial charge in [-0.1, -0.05) is 54.4 Å². The zero-order chi connectivity index (χ0) is 17.9. The highest BCUT2D eigenvalue weighted by atomic mass is 35.5. The summed E-state index contributed by atoms with van der Waals surface area (Å²) in [6, 6.07) is 10.2. The number of aryl methyl sites for hydroxylation is 1. The SMILES string of the molecule is CCc1ccc([C@H](C)NS(=O)(=O)c2ccc(OC)c(Cl)c2Cl)cc1. The van der Waals surface area contributed by atoms with Gasteiger partial charge < -0.3 is 4.74 Å².